The maximum Gasteiger partial charge on any atom is 0.309 e. The number of pyridine rings is 1. The number of carboxylic acids is 1. The maximum absolute atomic E-state index is 13.0. The summed E-state index contributed by atoms with van der Waals surface area (Å²) < 4.78 is 18.4. The lowest BCUT2D eigenvalue weighted by Gasteiger charge is -2.39. The van der Waals surface area contributed by atoms with Crippen molar-refractivity contribution in [2.24, 2.45) is 5.41 Å². The first-order valence-electron chi connectivity index (χ1n) is 12.5. The van der Waals surface area contributed by atoms with Gasteiger partial charge in [-0.25, -0.2) is 4.39 Å². The Bertz CT molecular complexity index is 1220. The topological polar surface area (TPSA) is 82.9 Å². The third kappa shape index (κ3) is 6.74. The van der Waals surface area contributed by atoms with Gasteiger partial charge in [0, 0.05) is 22.0 Å². The smallest absolute Gasteiger partial charge is 0.309 e. The second-order valence-electron chi connectivity index (χ2n) is 9.54. The molecule has 0 amide bonds. The fraction of sp³-hybridized carbons (Fsp3) is 0.429. The quantitative estimate of drug-likeness (QED) is 0.219. The van der Waals surface area contributed by atoms with Crippen LogP contribution >= 0.6 is 23.4 Å². The van der Waals surface area contributed by atoms with E-state index in [0.717, 1.165) is 23.6 Å². The molecule has 1 fully saturated rings. The zero-order chi connectivity index (χ0) is 26.4. The van der Waals surface area contributed by atoms with Crippen LogP contribution in [0.3, 0.4) is 0 Å². The molecule has 3 aromatic rings. The SMILES string of the molecule is COc1ccc2ncc(Cl)c([C@@H](O)CCC3(C(=O)O)CCN(CCCSc4ccc(F)cc4)CC3)c2c1. The van der Waals surface area contributed by atoms with Crippen LogP contribution in [0, 0.1) is 11.2 Å². The Kier molecular flexibility index (Phi) is 9.29. The van der Waals surface area contributed by atoms with Crippen molar-refractivity contribution in [1.29, 1.82) is 0 Å². The number of benzene rings is 2. The van der Waals surface area contributed by atoms with Crippen LogP contribution in [0.1, 0.15) is 43.8 Å². The van der Waals surface area contributed by atoms with Crippen LogP contribution in [0.5, 0.6) is 5.75 Å². The molecule has 37 heavy (non-hydrogen) atoms. The minimum absolute atomic E-state index is 0.232. The molecule has 0 unspecified atom stereocenters. The molecule has 1 aliphatic heterocycles. The number of nitrogens with zero attached hydrogens (tertiary/aromatic N) is 2. The van der Waals surface area contributed by atoms with Gasteiger partial charge in [0.15, 0.2) is 0 Å². The summed E-state index contributed by atoms with van der Waals surface area (Å²) in [6.07, 6.45) is 3.31. The number of aromatic nitrogens is 1. The molecule has 6 nitrogen and oxygen atoms in total. The van der Waals surface area contributed by atoms with E-state index in [1.54, 1.807) is 43.1 Å². The minimum Gasteiger partial charge on any atom is -0.497 e. The fourth-order valence-electron chi connectivity index (χ4n) is 4.98. The Labute approximate surface area is 225 Å². The van der Waals surface area contributed by atoms with E-state index in [9.17, 15) is 19.4 Å². The van der Waals surface area contributed by atoms with Crippen LogP contribution in [0.2, 0.25) is 5.02 Å². The standard InChI is InChI=1S/C28H32ClFN2O4S/c1-36-20-5-8-24-22(17-20)26(23(29)18-31-24)25(33)9-10-28(27(34)35)11-14-32(15-12-28)13-2-16-37-21-6-3-19(30)4-7-21/h3-8,17-18,25,33H,2,9-16H2,1H3,(H,34,35)/t25-/m0/s1. The highest BCUT2D eigenvalue weighted by Gasteiger charge is 2.41. The van der Waals surface area contributed by atoms with Crippen LogP contribution in [-0.4, -0.2) is 58.6 Å². The van der Waals surface area contributed by atoms with Crippen molar-refractivity contribution in [3.05, 3.63) is 65.1 Å². The molecule has 0 bridgehead atoms. The number of carboxylic acid groups (broad SMARTS) is 1. The van der Waals surface area contributed by atoms with Gasteiger partial charge in [0.1, 0.15) is 11.6 Å². The summed E-state index contributed by atoms with van der Waals surface area (Å²) in [6, 6.07) is 11.9. The summed E-state index contributed by atoms with van der Waals surface area (Å²) in [7, 11) is 1.57. The number of hydrogen-bond acceptors (Lipinski definition) is 6. The highest BCUT2D eigenvalue weighted by Crippen LogP contribution is 2.41. The number of likely N-dealkylation sites (tertiary alicyclic amines) is 1. The molecule has 1 aromatic heterocycles. The molecule has 1 saturated heterocycles. The van der Waals surface area contributed by atoms with Gasteiger partial charge in [-0.2, -0.15) is 0 Å². The van der Waals surface area contributed by atoms with Crippen molar-refractivity contribution in [1.82, 2.24) is 9.88 Å². The Morgan fingerprint density at radius 1 is 1.24 bits per heavy atom. The lowest BCUT2D eigenvalue weighted by atomic mass is 9.74. The molecule has 2 heterocycles. The van der Waals surface area contributed by atoms with Gasteiger partial charge in [0.05, 0.1) is 29.2 Å². The van der Waals surface area contributed by atoms with E-state index in [4.69, 9.17) is 16.3 Å². The van der Waals surface area contributed by atoms with E-state index in [-0.39, 0.29) is 12.2 Å². The highest BCUT2D eigenvalue weighted by molar-refractivity contribution is 7.99. The number of aliphatic hydroxyl groups excluding tert-OH is 1. The third-order valence-corrected chi connectivity index (χ3v) is 8.67. The second-order valence-corrected chi connectivity index (χ2v) is 11.1. The van der Waals surface area contributed by atoms with Gasteiger partial charge in [-0.1, -0.05) is 11.6 Å². The van der Waals surface area contributed by atoms with Gasteiger partial charge >= 0.3 is 5.97 Å². The minimum atomic E-state index is -0.914. The summed E-state index contributed by atoms with van der Waals surface area (Å²) in [5.74, 6) is 0.516. The van der Waals surface area contributed by atoms with Crippen molar-refractivity contribution < 1.29 is 24.1 Å². The van der Waals surface area contributed by atoms with Gasteiger partial charge < -0.3 is 19.8 Å². The van der Waals surface area contributed by atoms with Gasteiger partial charge in [-0.15, -0.1) is 11.8 Å². The maximum atomic E-state index is 13.0. The van der Waals surface area contributed by atoms with Gasteiger partial charge in [-0.05, 0) is 100.0 Å². The first-order chi connectivity index (χ1) is 17.8. The number of fused-ring (bicyclic) bond motifs is 1. The molecule has 198 valence electrons. The molecule has 2 N–H and O–H groups in total. The van der Waals surface area contributed by atoms with Crippen LogP contribution in [0.4, 0.5) is 4.39 Å². The Balaban J connectivity index is 1.32. The zero-order valence-electron chi connectivity index (χ0n) is 20.8. The first kappa shape index (κ1) is 27.6. The number of aliphatic carboxylic acids is 1. The van der Waals surface area contributed by atoms with Crippen LogP contribution in [0.15, 0.2) is 53.6 Å². The van der Waals surface area contributed by atoms with Crippen molar-refractivity contribution >= 4 is 40.2 Å². The number of halogens is 2. The second kappa shape index (κ2) is 12.4. The molecule has 2 aromatic carbocycles. The molecule has 0 aliphatic carbocycles. The van der Waals surface area contributed by atoms with Crippen LogP contribution < -0.4 is 4.74 Å². The molecule has 1 atom stereocenters. The summed E-state index contributed by atoms with van der Waals surface area (Å²) in [5, 5.41) is 22.3. The number of carbonyl (C=O) groups is 1. The zero-order valence-corrected chi connectivity index (χ0v) is 22.4. The molecule has 0 saturated carbocycles. The monoisotopic (exact) mass is 546 g/mol. The van der Waals surface area contributed by atoms with Crippen molar-refractivity contribution in [3.63, 3.8) is 0 Å². The molecule has 1 aliphatic rings. The Hall–Kier alpha value is -2.39. The summed E-state index contributed by atoms with van der Waals surface area (Å²) in [5.41, 5.74) is 0.383. The fourth-order valence-corrected chi connectivity index (χ4v) is 6.09. The Morgan fingerprint density at radius 2 is 1.97 bits per heavy atom. The van der Waals surface area contributed by atoms with Crippen molar-refractivity contribution in [3.8, 4) is 5.75 Å². The summed E-state index contributed by atoms with van der Waals surface area (Å²) in [6.45, 7) is 2.31. The molecule has 4 rings (SSSR count). The average Bonchev–Trinajstić information content (AvgIpc) is 2.91. The number of hydrogen-bond donors (Lipinski definition) is 2. The van der Waals surface area contributed by atoms with Gasteiger partial charge in [0.25, 0.3) is 0 Å². The number of ether oxygens (including phenoxy) is 1. The predicted molar refractivity (Wildman–Crippen MR) is 145 cm³/mol. The largest absolute Gasteiger partial charge is 0.497 e. The lowest BCUT2D eigenvalue weighted by Crippen LogP contribution is -2.44. The summed E-state index contributed by atoms with van der Waals surface area (Å²) >= 11 is 8.13. The number of aliphatic hydroxyl groups is 1. The van der Waals surface area contributed by atoms with Crippen LogP contribution in [-0.2, 0) is 4.79 Å². The predicted octanol–water partition coefficient (Wildman–Crippen LogP) is 6.20. The molecular formula is C28H32ClFN2O4S. The molecule has 9 heteroatoms. The number of thioether (sulfide) groups is 1. The van der Waals surface area contributed by atoms with Crippen molar-refractivity contribution in [2.75, 3.05) is 32.5 Å². The number of piperidine rings is 1. The molecule has 0 radical (unpaired) electrons. The van der Waals surface area contributed by atoms with Gasteiger partial charge in [0.2, 0.25) is 0 Å². The first-order valence-corrected chi connectivity index (χ1v) is 13.8. The van der Waals surface area contributed by atoms with E-state index in [0.29, 0.717) is 59.6 Å². The normalized spacial score (nSPS) is 16.5. The Morgan fingerprint density at radius 3 is 2.65 bits per heavy atom. The van der Waals surface area contributed by atoms with E-state index in [1.165, 1.54) is 18.3 Å². The van der Waals surface area contributed by atoms with E-state index in [2.05, 4.69) is 9.88 Å². The van der Waals surface area contributed by atoms with Crippen molar-refractivity contribution in [2.45, 2.75) is 43.1 Å². The third-order valence-electron chi connectivity index (χ3n) is 7.27. The average molecular weight is 547 g/mol. The molecular weight excluding hydrogens is 515 g/mol. The summed E-state index contributed by atoms with van der Waals surface area (Å²) in [4.78, 5) is 20.0. The number of rotatable bonds is 11. The van der Waals surface area contributed by atoms with E-state index in [1.807, 2.05) is 6.07 Å². The van der Waals surface area contributed by atoms with E-state index >= 15 is 0 Å². The van der Waals surface area contributed by atoms with E-state index < -0.39 is 17.5 Å². The van der Waals surface area contributed by atoms with Crippen LogP contribution in [0.25, 0.3) is 10.9 Å². The number of methoxy groups -OCH3 is 1. The highest BCUT2D eigenvalue weighted by atomic mass is 35.5. The van der Waals surface area contributed by atoms with Gasteiger partial charge in [-0.3, -0.25) is 9.78 Å². The molecule has 0 spiro atoms. The lowest BCUT2D eigenvalue weighted by molar-refractivity contribution is -0.153.